The van der Waals surface area contributed by atoms with E-state index in [4.69, 9.17) is 4.74 Å². The van der Waals surface area contributed by atoms with E-state index in [1.165, 1.54) is 0 Å². The normalized spacial score (nSPS) is 18.0. The zero-order chi connectivity index (χ0) is 15.5. The van der Waals surface area contributed by atoms with Gasteiger partial charge < -0.3 is 10.1 Å². The lowest BCUT2D eigenvalue weighted by molar-refractivity contribution is 0.185. The van der Waals surface area contributed by atoms with Crippen LogP contribution in [0.4, 0.5) is 0 Å². The highest BCUT2D eigenvalue weighted by Gasteiger charge is 2.18. The minimum Gasteiger partial charge on any atom is -0.381 e. The maximum Gasteiger partial charge on any atom is 0.276 e. The van der Waals surface area contributed by atoms with Crippen molar-refractivity contribution in [2.24, 2.45) is 13.0 Å². The Morgan fingerprint density at radius 2 is 2.09 bits per heavy atom. The Morgan fingerprint density at radius 1 is 1.32 bits per heavy atom. The number of hydrogen-bond acceptors (Lipinski definition) is 3. The fourth-order valence-corrected chi connectivity index (χ4v) is 2.97. The van der Waals surface area contributed by atoms with Gasteiger partial charge in [-0.25, -0.2) is 4.68 Å². The molecule has 1 aliphatic heterocycles. The lowest BCUT2D eigenvalue weighted by Gasteiger charge is -2.08. The molecule has 2 heterocycles. The number of nitrogens with one attached hydrogen (secondary N) is 1. The molecule has 0 spiro atoms. The van der Waals surface area contributed by atoms with Crippen molar-refractivity contribution in [1.29, 1.82) is 0 Å². The van der Waals surface area contributed by atoms with E-state index in [2.05, 4.69) is 5.32 Å². The molecule has 2 aromatic rings. The van der Waals surface area contributed by atoms with E-state index in [-0.39, 0.29) is 5.56 Å². The summed E-state index contributed by atoms with van der Waals surface area (Å²) in [5, 5.41) is 3.41. The Labute approximate surface area is 130 Å². The zero-order valence-corrected chi connectivity index (χ0v) is 13.2. The number of para-hydroxylation sites is 1. The van der Waals surface area contributed by atoms with E-state index < -0.39 is 0 Å². The van der Waals surface area contributed by atoms with Crippen LogP contribution >= 0.6 is 0 Å². The SMILES string of the molecule is Cc1c(CNCC2CCOC2)c(=O)n(-c2ccccc2)n1C. The van der Waals surface area contributed by atoms with E-state index >= 15 is 0 Å². The molecule has 118 valence electrons. The summed E-state index contributed by atoms with van der Waals surface area (Å²) >= 11 is 0. The molecular formula is C17H23N3O2. The van der Waals surface area contributed by atoms with Gasteiger partial charge in [-0.3, -0.25) is 9.48 Å². The smallest absolute Gasteiger partial charge is 0.276 e. The molecule has 1 saturated heterocycles. The van der Waals surface area contributed by atoms with E-state index in [1.54, 1.807) is 4.68 Å². The van der Waals surface area contributed by atoms with Crippen LogP contribution in [0.15, 0.2) is 35.1 Å². The molecular weight excluding hydrogens is 278 g/mol. The van der Waals surface area contributed by atoms with Gasteiger partial charge in [0.1, 0.15) is 0 Å². The average Bonchev–Trinajstić information content (AvgIpc) is 3.11. The third-order valence-corrected chi connectivity index (χ3v) is 4.43. The van der Waals surface area contributed by atoms with Crippen molar-refractivity contribution in [2.75, 3.05) is 19.8 Å². The average molecular weight is 301 g/mol. The van der Waals surface area contributed by atoms with E-state index in [9.17, 15) is 4.79 Å². The van der Waals surface area contributed by atoms with Crippen molar-refractivity contribution in [1.82, 2.24) is 14.7 Å². The highest BCUT2D eigenvalue weighted by Crippen LogP contribution is 2.12. The molecule has 0 aliphatic carbocycles. The lowest BCUT2D eigenvalue weighted by atomic mass is 10.1. The van der Waals surface area contributed by atoms with Gasteiger partial charge in [-0.2, -0.15) is 0 Å². The minimum absolute atomic E-state index is 0.0568. The molecule has 3 rings (SSSR count). The number of benzene rings is 1. The van der Waals surface area contributed by atoms with Gasteiger partial charge >= 0.3 is 0 Å². The largest absolute Gasteiger partial charge is 0.381 e. The van der Waals surface area contributed by atoms with E-state index in [0.29, 0.717) is 12.5 Å². The van der Waals surface area contributed by atoms with Crippen LogP contribution in [-0.2, 0) is 18.3 Å². The maximum absolute atomic E-state index is 12.7. The molecule has 0 radical (unpaired) electrons. The highest BCUT2D eigenvalue weighted by atomic mass is 16.5. The van der Waals surface area contributed by atoms with Crippen LogP contribution in [0.25, 0.3) is 5.69 Å². The third kappa shape index (κ3) is 2.87. The Kier molecular flexibility index (Phi) is 4.45. The molecule has 0 amide bonds. The van der Waals surface area contributed by atoms with Gasteiger partial charge in [0.25, 0.3) is 5.56 Å². The van der Waals surface area contributed by atoms with E-state index in [1.807, 2.05) is 49.0 Å². The van der Waals surface area contributed by atoms with E-state index in [0.717, 1.165) is 43.1 Å². The van der Waals surface area contributed by atoms with Gasteiger partial charge in [0, 0.05) is 32.4 Å². The standard InChI is InChI=1S/C17H23N3O2/c1-13-16(11-18-10-14-8-9-22-12-14)17(21)20(19(13)2)15-6-4-3-5-7-15/h3-7,14,18H,8-12H2,1-2H3. The highest BCUT2D eigenvalue weighted by molar-refractivity contribution is 5.33. The van der Waals surface area contributed by atoms with Crippen LogP contribution in [-0.4, -0.2) is 29.1 Å². The van der Waals surface area contributed by atoms with Gasteiger partial charge in [0.05, 0.1) is 17.9 Å². The molecule has 1 fully saturated rings. The Morgan fingerprint density at radius 3 is 2.77 bits per heavy atom. The second-order valence-corrected chi connectivity index (χ2v) is 5.90. The molecule has 1 aromatic carbocycles. The zero-order valence-electron chi connectivity index (χ0n) is 13.2. The van der Waals surface area contributed by atoms with Gasteiger partial charge in [0.2, 0.25) is 0 Å². The van der Waals surface area contributed by atoms with Gasteiger partial charge in [-0.15, -0.1) is 0 Å². The first-order chi connectivity index (χ1) is 10.7. The molecule has 0 bridgehead atoms. The third-order valence-electron chi connectivity index (χ3n) is 4.43. The molecule has 1 aliphatic rings. The summed E-state index contributed by atoms with van der Waals surface area (Å²) < 4.78 is 9.03. The lowest BCUT2D eigenvalue weighted by Crippen LogP contribution is -2.27. The first kappa shape index (κ1) is 15.1. The molecule has 5 nitrogen and oxygen atoms in total. The predicted octanol–water partition coefficient (Wildman–Crippen LogP) is 1.61. The summed E-state index contributed by atoms with van der Waals surface area (Å²) in [6.45, 7) is 5.19. The second kappa shape index (κ2) is 6.50. The first-order valence-corrected chi connectivity index (χ1v) is 7.80. The second-order valence-electron chi connectivity index (χ2n) is 5.90. The monoisotopic (exact) mass is 301 g/mol. The van der Waals surface area contributed by atoms with Crippen LogP contribution in [0.1, 0.15) is 17.7 Å². The quantitative estimate of drug-likeness (QED) is 0.913. The maximum atomic E-state index is 12.7. The van der Waals surface area contributed by atoms with Crippen molar-refractivity contribution in [3.63, 3.8) is 0 Å². The molecule has 1 N–H and O–H groups in total. The molecule has 22 heavy (non-hydrogen) atoms. The van der Waals surface area contributed by atoms with Crippen molar-refractivity contribution in [2.45, 2.75) is 19.9 Å². The molecule has 1 unspecified atom stereocenters. The van der Waals surface area contributed by atoms with Crippen molar-refractivity contribution in [3.05, 3.63) is 51.9 Å². The first-order valence-electron chi connectivity index (χ1n) is 7.80. The topological polar surface area (TPSA) is 48.2 Å². The molecule has 0 saturated carbocycles. The fraction of sp³-hybridized carbons (Fsp3) is 0.471. The summed E-state index contributed by atoms with van der Waals surface area (Å²) in [5.41, 5.74) is 2.80. The number of rotatable bonds is 5. The van der Waals surface area contributed by atoms with Crippen molar-refractivity contribution < 1.29 is 4.74 Å². The predicted molar refractivity (Wildman–Crippen MR) is 86.4 cm³/mol. The number of hydrogen-bond donors (Lipinski definition) is 1. The van der Waals surface area contributed by atoms with Crippen LogP contribution in [0.3, 0.4) is 0 Å². The van der Waals surface area contributed by atoms with Crippen molar-refractivity contribution in [3.8, 4) is 5.69 Å². The van der Waals surface area contributed by atoms with Crippen LogP contribution in [0, 0.1) is 12.8 Å². The van der Waals surface area contributed by atoms with Crippen LogP contribution < -0.4 is 10.9 Å². The summed E-state index contributed by atoms with van der Waals surface area (Å²) in [5.74, 6) is 0.570. The number of ether oxygens (including phenoxy) is 1. The Balaban J connectivity index is 1.79. The molecule has 1 atom stereocenters. The van der Waals surface area contributed by atoms with Crippen LogP contribution in [0.5, 0.6) is 0 Å². The van der Waals surface area contributed by atoms with Gasteiger partial charge in [-0.05, 0) is 31.4 Å². The van der Waals surface area contributed by atoms with Gasteiger partial charge in [0.15, 0.2) is 0 Å². The fourth-order valence-electron chi connectivity index (χ4n) is 2.97. The molecule has 1 aromatic heterocycles. The summed E-state index contributed by atoms with van der Waals surface area (Å²) in [6.07, 6.45) is 1.11. The summed E-state index contributed by atoms with van der Waals surface area (Å²) in [4.78, 5) is 12.7. The number of nitrogens with zero attached hydrogens (tertiary/aromatic N) is 2. The van der Waals surface area contributed by atoms with Gasteiger partial charge in [-0.1, -0.05) is 18.2 Å². The van der Waals surface area contributed by atoms with Crippen molar-refractivity contribution >= 4 is 0 Å². The summed E-state index contributed by atoms with van der Waals surface area (Å²) in [6, 6.07) is 9.75. The van der Waals surface area contributed by atoms with Crippen LogP contribution in [0.2, 0.25) is 0 Å². The summed E-state index contributed by atoms with van der Waals surface area (Å²) in [7, 11) is 1.93. The Hall–Kier alpha value is -1.85. The Bertz CT molecular complexity index is 682. The molecule has 5 heteroatoms. The number of aromatic nitrogens is 2. The minimum atomic E-state index is 0.0568.